The minimum absolute atomic E-state index is 0.0792. The lowest BCUT2D eigenvalue weighted by atomic mass is 10.2. The zero-order valence-corrected chi connectivity index (χ0v) is 14.1. The fourth-order valence-corrected chi connectivity index (χ4v) is 2.36. The van der Waals surface area contributed by atoms with Crippen LogP contribution in [0, 0.1) is 6.92 Å². The second-order valence-corrected chi connectivity index (χ2v) is 5.76. The molecule has 0 unspecified atom stereocenters. The minimum Gasteiger partial charge on any atom is -0.395 e. The second kappa shape index (κ2) is 8.47. The van der Waals surface area contributed by atoms with Gasteiger partial charge >= 0.3 is 11.8 Å². The molecule has 0 atom stereocenters. The van der Waals surface area contributed by atoms with E-state index in [-0.39, 0.29) is 19.7 Å². The standard InChI is InChI=1S/C18H19ClN2O3/c1-13-7-8-15(11-16(13)19)20-17(23)18(24)21(9-10-22)12-14-5-3-2-4-6-14/h2-8,11,22H,9-10,12H2,1H3,(H,20,23). The number of rotatable bonds is 5. The molecule has 0 heterocycles. The monoisotopic (exact) mass is 346 g/mol. The quantitative estimate of drug-likeness (QED) is 0.818. The van der Waals surface area contributed by atoms with Gasteiger partial charge in [0.2, 0.25) is 0 Å². The molecule has 5 nitrogen and oxygen atoms in total. The van der Waals surface area contributed by atoms with E-state index in [0.29, 0.717) is 10.7 Å². The molecule has 2 amide bonds. The second-order valence-electron chi connectivity index (χ2n) is 5.35. The van der Waals surface area contributed by atoms with Crippen LogP contribution < -0.4 is 5.32 Å². The van der Waals surface area contributed by atoms with Crippen LogP contribution in [0.5, 0.6) is 0 Å². The molecular weight excluding hydrogens is 328 g/mol. The van der Waals surface area contributed by atoms with Gasteiger partial charge in [0, 0.05) is 23.8 Å². The van der Waals surface area contributed by atoms with E-state index in [2.05, 4.69) is 5.32 Å². The first-order valence-electron chi connectivity index (χ1n) is 7.52. The Bertz CT molecular complexity index is 719. The molecule has 24 heavy (non-hydrogen) atoms. The third kappa shape index (κ3) is 4.81. The summed E-state index contributed by atoms with van der Waals surface area (Å²) >= 11 is 6.02. The molecule has 0 radical (unpaired) electrons. The van der Waals surface area contributed by atoms with E-state index < -0.39 is 11.8 Å². The number of nitrogens with zero attached hydrogens (tertiary/aromatic N) is 1. The van der Waals surface area contributed by atoms with Crippen molar-refractivity contribution in [2.75, 3.05) is 18.5 Å². The number of carbonyl (C=O) groups excluding carboxylic acids is 2. The lowest BCUT2D eigenvalue weighted by Gasteiger charge is -2.21. The highest BCUT2D eigenvalue weighted by molar-refractivity contribution is 6.39. The molecule has 6 heteroatoms. The zero-order chi connectivity index (χ0) is 17.5. The van der Waals surface area contributed by atoms with E-state index in [1.165, 1.54) is 4.90 Å². The number of anilines is 1. The van der Waals surface area contributed by atoms with Crippen LogP contribution in [-0.2, 0) is 16.1 Å². The molecule has 2 aromatic carbocycles. The number of aliphatic hydroxyl groups excluding tert-OH is 1. The average Bonchev–Trinajstić information content (AvgIpc) is 2.58. The van der Waals surface area contributed by atoms with Crippen molar-refractivity contribution >= 4 is 29.1 Å². The van der Waals surface area contributed by atoms with E-state index in [0.717, 1.165) is 11.1 Å². The first-order valence-corrected chi connectivity index (χ1v) is 7.90. The molecule has 0 saturated carbocycles. The Labute approximate surface area is 145 Å². The largest absolute Gasteiger partial charge is 0.395 e. The van der Waals surface area contributed by atoms with Gasteiger partial charge in [-0.25, -0.2) is 0 Å². The Morgan fingerprint density at radius 3 is 2.50 bits per heavy atom. The Balaban J connectivity index is 2.07. The van der Waals surface area contributed by atoms with Gasteiger partial charge in [-0.3, -0.25) is 9.59 Å². The van der Waals surface area contributed by atoms with Crippen LogP contribution in [0.25, 0.3) is 0 Å². The van der Waals surface area contributed by atoms with Crippen LogP contribution in [0.4, 0.5) is 5.69 Å². The molecule has 126 valence electrons. The van der Waals surface area contributed by atoms with Crippen LogP contribution in [0.2, 0.25) is 5.02 Å². The number of aryl methyl sites for hydroxylation is 1. The van der Waals surface area contributed by atoms with E-state index >= 15 is 0 Å². The van der Waals surface area contributed by atoms with Crippen molar-refractivity contribution in [3.05, 3.63) is 64.7 Å². The maximum Gasteiger partial charge on any atom is 0.313 e. The van der Waals surface area contributed by atoms with Crippen molar-refractivity contribution in [2.45, 2.75) is 13.5 Å². The summed E-state index contributed by atoms with van der Waals surface area (Å²) in [6, 6.07) is 14.3. The summed E-state index contributed by atoms with van der Waals surface area (Å²) in [5, 5.41) is 12.2. The number of halogens is 1. The Morgan fingerprint density at radius 1 is 1.17 bits per heavy atom. The van der Waals surface area contributed by atoms with Crippen molar-refractivity contribution in [3.8, 4) is 0 Å². The smallest absolute Gasteiger partial charge is 0.313 e. The molecule has 0 spiro atoms. The molecule has 0 aromatic heterocycles. The fraction of sp³-hybridized carbons (Fsp3) is 0.222. The molecule has 0 aliphatic rings. The molecule has 0 aliphatic carbocycles. The molecule has 2 aromatic rings. The Kier molecular flexibility index (Phi) is 6.35. The number of amides is 2. The van der Waals surface area contributed by atoms with Gasteiger partial charge in [-0.05, 0) is 30.2 Å². The predicted octanol–water partition coefficient (Wildman–Crippen LogP) is 2.61. The van der Waals surface area contributed by atoms with Crippen molar-refractivity contribution < 1.29 is 14.7 Å². The van der Waals surface area contributed by atoms with Crippen LogP contribution in [0.1, 0.15) is 11.1 Å². The minimum atomic E-state index is -0.765. The highest BCUT2D eigenvalue weighted by Gasteiger charge is 2.22. The van der Waals surface area contributed by atoms with Crippen LogP contribution >= 0.6 is 11.6 Å². The van der Waals surface area contributed by atoms with Gasteiger partial charge in [0.1, 0.15) is 0 Å². The first-order chi connectivity index (χ1) is 11.5. The van der Waals surface area contributed by atoms with E-state index in [1.54, 1.807) is 18.2 Å². The van der Waals surface area contributed by atoms with E-state index in [9.17, 15) is 9.59 Å². The van der Waals surface area contributed by atoms with Gasteiger partial charge in [-0.1, -0.05) is 48.0 Å². The molecule has 2 N–H and O–H groups in total. The maximum absolute atomic E-state index is 12.4. The molecule has 0 fully saturated rings. The zero-order valence-electron chi connectivity index (χ0n) is 13.3. The molecule has 0 aliphatic heterocycles. The molecular formula is C18H19ClN2O3. The van der Waals surface area contributed by atoms with E-state index in [4.69, 9.17) is 16.7 Å². The Morgan fingerprint density at radius 2 is 1.88 bits per heavy atom. The highest BCUT2D eigenvalue weighted by atomic mass is 35.5. The van der Waals surface area contributed by atoms with Crippen LogP contribution in [-0.4, -0.2) is 35.0 Å². The number of hydrogen-bond donors (Lipinski definition) is 2. The molecule has 0 saturated heterocycles. The summed E-state index contributed by atoms with van der Waals surface area (Å²) in [7, 11) is 0. The number of hydrogen-bond acceptors (Lipinski definition) is 3. The van der Waals surface area contributed by atoms with Crippen molar-refractivity contribution in [2.24, 2.45) is 0 Å². The molecule has 2 rings (SSSR count). The average molecular weight is 347 g/mol. The summed E-state index contributed by atoms with van der Waals surface area (Å²) < 4.78 is 0. The highest BCUT2D eigenvalue weighted by Crippen LogP contribution is 2.20. The first kappa shape index (κ1) is 18.0. The summed E-state index contributed by atoms with van der Waals surface area (Å²) in [5.74, 6) is -1.47. The number of aliphatic hydroxyl groups is 1. The lowest BCUT2D eigenvalue weighted by Crippen LogP contribution is -2.40. The number of carbonyl (C=O) groups is 2. The van der Waals surface area contributed by atoms with Gasteiger partial charge in [0.25, 0.3) is 0 Å². The van der Waals surface area contributed by atoms with Crippen LogP contribution in [0.3, 0.4) is 0 Å². The van der Waals surface area contributed by atoms with E-state index in [1.807, 2.05) is 37.3 Å². The van der Waals surface area contributed by atoms with Crippen molar-refractivity contribution in [1.29, 1.82) is 0 Å². The fourth-order valence-electron chi connectivity index (χ4n) is 2.18. The van der Waals surface area contributed by atoms with Crippen molar-refractivity contribution in [1.82, 2.24) is 4.90 Å². The number of benzene rings is 2. The van der Waals surface area contributed by atoms with Crippen molar-refractivity contribution in [3.63, 3.8) is 0 Å². The SMILES string of the molecule is Cc1ccc(NC(=O)C(=O)N(CCO)Cc2ccccc2)cc1Cl. The normalized spacial score (nSPS) is 10.3. The van der Waals surface area contributed by atoms with Gasteiger partial charge in [0.15, 0.2) is 0 Å². The van der Waals surface area contributed by atoms with Gasteiger partial charge in [0.05, 0.1) is 6.61 Å². The topological polar surface area (TPSA) is 69.6 Å². The third-order valence-corrected chi connectivity index (χ3v) is 3.90. The van der Waals surface area contributed by atoms with Crippen LogP contribution in [0.15, 0.2) is 48.5 Å². The summed E-state index contributed by atoms with van der Waals surface area (Å²) in [5.41, 5.74) is 2.21. The van der Waals surface area contributed by atoms with Gasteiger partial charge in [-0.2, -0.15) is 0 Å². The summed E-state index contributed by atoms with van der Waals surface area (Å²) in [6.45, 7) is 1.96. The summed E-state index contributed by atoms with van der Waals surface area (Å²) in [6.07, 6.45) is 0. The third-order valence-electron chi connectivity index (χ3n) is 3.50. The summed E-state index contributed by atoms with van der Waals surface area (Å²) in [4.78, 5) is 25.9. The molecule has 0 bridgehead atoms. The Hall–Kier alpha value is -2.37. The maximum atomic E-state index is 12.4. The van der Waals surface area contributed by atoms with Gasteiger partial charge < -0.3 is 15.3 Å². The van der Waals surface area contributed by atoms with Gasteiger partial charge in [-0.15, -0.1) is 0 Å². The predicted molar refractivity (Wildman–Crippen MR) is 93.8 cm³/mol. The lowest BCUT2D eigenvalue weighted by molar-refractivity contribution is -0.143. The number of nitrogens with one attached hydrogen (secondary N) is 1.